The lowest BCUT2D eigenvalue weighted by Crippen LogP contribution is -2.14. The number of carbonyl (C=O) groups is 1. The van der Waals surface area contributed by atoms with Crippen LogP contribution in [0.2, 0.25) is 0 Å². The third kappa shape index (κ3) is 4.58. The molecule has 0 aliphatic heterocycles. The van der Waals surface area contributed by atoms with E-state index in [1.54, 1.807) is 24.4 Å². The average Bonchev–Trinajstić information content (AvgIpc) is 2.63. The summed E-state index contributed by atoms with van der Waals surface area (Å²) < 4.78 is 6.58. The van der Waals surface area contributed by atoms with Gasteiger partial charge in [-0.1, -0.05) is 22.0 Å². The number of rotatable bonds is 5. The van der Waals surface area contributed by atoms with Gasteiger partial charge in [0.1, 0.15) is 11.6 Å². The molecule has 0 spiro atoms. The van der Waals surface area contributed by atoms with Crippen molar-refractivity contribution in [3.05, 3.63) is 71.0 Å². The predicted molar refractivity (Wildman–Crippen MR) is 105 cm³/mol. The van der Waals surface area contributed by atoms with Crippen LogP contribution in [0.5, 0.6) is 11.6 Å². The van der Waals surface area contributed by atoms with Gasteiger partial charge in [-0.2, -0.15) is 0 Å². The van der Waals surface area contributed by atoms with Crippen LogP contribution in [-0.4, -0.2) is 30.0 Å². The summed E-state index contributed by atoms with van der Waals surface area (Å²) in [7, 11) is 3.81. The van der Waals surface area contributed by atoms with Gasteiger partial charge in [-0.05, 0) is 36.4 Å². The highest BCUT2D eigenvalue weighted by atomic mass is 79.9. The number of carbonyl (C=O) groups excluding carboxylic acids is 1. The molecule has 0 aliphatic carbocycles. The zero-order chi connectivity index (χ0) is 18.5. The summed E-state index contributed by atoms with van der Waals surface area (Å²) in [5.41, 5.74) is 1.05. The maximum atomic E-state index is 12.3. The van der Waals surface area contributed by atoms with Crippen LogP contribution in [0.15, 0.2) is 65.4 Å². The van der Waals surface area contributed by atoms with E-state index in [-0.39, 0.29) is 5.91 Å². The number of nitrogens with one attached hydrogen (secondary N) is 1. The van der Waals surface area contributed by atoms with Crippen molar-refractivity contribution in [3.63, 3.8) is 0 Å². The van der Waals surface area contributed by atoms with Gasteiger partial charge >= 0.3 is 0 Å². The molecule has 0 fully saturated rings. The first-order chi connectivity index (χ1) is 12.5. The molecule has 1 amide bonds. The fourth-order valence-corrected chi connectivity index (χ4v) is 2.53. The Morgan fingerprint density at radius 3 is 2.54 bits per heavy atom. The highest BCUT2D eigenvalue weighted by Crippen LogP contribution is 2.23. The number of aromatic nitrogens is 2. The van der Waals surface area contributed by atoms with E-state index in [4.69, 9.17) is 4.74 Å². The zero-order valence-corrected chi connectivity index (χ0v) is 15.9. The van der Waals surface area contributed by atoms with Crippen LogP contribution >= 0.6 is 15.9 Å². The molecular formula is C19H17BrN4O2. The van der Waals surface area contributed by atoms with E-state index in [9.17, 15) is 4.79 Å². The Bertz CT molecular complexity index is 896. The molecule has 0 bridgehead atoms. The third-order valence-corrected chi connectivity index (χ3v) is 3.97. The third-order valence-electron chi connectivity index (χ3n) is 3.48. The molecule has 26 heavy (non-hydrogen) atoms. The summed E-state index contributed by atoms with van der Waals surface area (Å²) in [6.45, 7) is 0. The van der Waals surface area contributed by atoms with Gasteiger partial charge in [-0.3, -0.25) is 4.79 Å². The maximum Gasteiger partial charge on any atom is 0.257 e. The van der Waals surface area contributed by atoms with Gasteiger partial charge < -0.3 is 15.0 Å². The highest BCUT2D eigenvalue weighted by molar-refractivity contribution is 9.10. The predicted octanol–water partition coefficient (Wildman–Crippen LogP) is 4.35. The molecule has 132 valence electrons. The largest absolute Gasteiger partial charge is 0.439 e. The van der Waals surface area contributed by atoms with Crippen molar-refractivity contribution >= 4 is 33.3 Å². The molecule has 0 unspecified atom stereocenters. The van der Waals surface area contributed by atoms with Gasteiger partial charge in [0.25, 0.3) is 5.91 Å². The molecule has 7 heteroatoms. The molecule has 0 saturated carbocycles. The van der Waals surface area contributed by atoms with Crippen LogP contribution in [0, 0.1) is 0 Å². The van der Waals surface area contributed by atoms with Crippen molar-refractivity contribution in [2.45, 2.75) is 0 Å². The lowest BCUT2D eigenvalue weighted by molar-refractivity contribution is 0.102. The minimum atomic E-state index is -0.258. The Balaban J connectivity index is 1.65. The van der Waals surface area contributed by atoms with E-state index in [0.717, 1.165) is 10.3 Å². The smallest absolute Gasteiger partial charge is 0.257 e. The van der Waals surface area contributed by atoms with Gasteiger partial charge in [-0.15, -0.1) is 0 Å². The van der Waals surface area contributed by atoms with E-state index in [1.807, 2.05) is 49.3 Å². The molecule has 0 radical (unpaired) electrons. The number of amides is 1. The number of pyridine rings is 2. The standard InChI is InChI=1S/C19H17BrN4O2/c1-24(2)17-8-7-15(12-21-17)23-19(25)13-6-9-18(22-11-13)26-16-5-3-4-14(20)10-16/h3-12H,1-2H3,(H,23,25). The van der Waals surface area contributed by atoms with Crippen LogP contribution < -0.4 is 15.0 Å². The topological polar surface area (TPSA) is 67.4 Å². The second-order valence-electron chi connectivity index (χ2n) is 5.70. The normalized spacial score (nSPS) is 10.3. The number of benzene rings is 1. The van der Waals surface area contributed by atoms with Gasteiger partial charge in [0.15, 0.2) is 0 Å². The van der Waals surface area contributed by atoms with Crippen molar-refractivity contribution in [2.75, 3.05) is 24.3 Å². The Hall–Kier alpha value is -2.93. The van der Waals surface area contributed by atoms with Crippen LogP contribution in [-0.2, 0) is 0 Å². The summed E-state index contributed by atoms with van der Waals surface area (Å²) in [5.74, 6) is 1.64. The Labute approximate surface area is 160 Å². The summed E-state index contributed by atoms with van der Waals surface area (Å²) >= 11 is 3.39. The molecular weight excluding hydrogens is 396 g/mol. The zero-order valence-electron chi connectivity index (χ0n) is 14.3. The van der Waals surface area contributed by atoms with E-state index in [2.05, 4.69) is 31.2 Å². The molecule has 3 aromatic rings. The van der Waals surface area contributed by atoms with Gasteiger partial charge in [0.2, 0.25) is 5.88 Å². The minimum Gasteiger partial charge on any atom is -0.439 e. The summed E-state index contributed by atoms with van der Waals surface area (Å²) in [6.07, 6.45) is 3.09. The fourth-order valence-electron chi connectivity index (χ4n) is 2.15. The number of hydrogen-bond acceptors (Lipinski definition) is 5. The van der Waals surface area contributed by atoms with E-state index in [0.29, 0.717) is 22.9 Å². The highest BCUT2D eigenvalue weighted by Gasteiger charge is 2.08. The summed E-state index contributed by atoms with van der Waals surface area (Å²) in [6, 6.07) is 14.4. The van der Waals surface area contributed by atoms with Crippen LogP contribution in [0.3, 0.4) is 0 Å². The molecule has 0 atom stereocenters. The van der Waals surface area contributed by atoms with Crippen molar-refractivity contribution < 1.29 is 9.53 Å². The van der Waals surface area contributed by atoms with E-state index >= 15 is 0 Å². The lowest BCUT2D eigenvalue weighted by Gasteiger charge is -2.11. The monoisotopic (exact) mass is 412 g/mol. The van der Waals surface area contributed by atoms with Gasteiger partial charge in [-0.25, -0.2) is 9.97 Å². The average molecular weight is 413 g/mol. The second kappa shape index (κ2) is 7.97. The second-order valence-corrected chi connectivity index (χ2v) is 6.61. The number of anilines is 2. The molecule has 6 nitrogen and oxygen atoms in total. The molecule has 2 aromatic heterocycles. The molecule has 1 N–H and O–H groups in total. The molecule has 0 aliphatic rings. The lowest BCUT2D eigenvalue weighted by atomic mass is 10.2. The summed E-state index contributed by atoms with van der Waals surface area (Å²) in [5, 5.41) is 2.79. The molecule has 0 saturated heterocycles. The molecule has 1 aromatic carbocycles. The summed E-state index contributed by atoms with van der Waals surface area (Å²) in [4.78, 5) is 22.6. The number of ether oxygens (including phenoxy) is 1. The van der Waals surface area contributed by atoms with Crippen LogP contribution in [0.4, 0.5) is 11.5 Å². The van der Waals surface area contributed by atoms with Crippen LogP contribution in [0.25, 0.3) is 0 Å². The van der Waals surface area contributed by atoms with Crippen LogP contribution in [0.1, 0.15) is 10.4 Å². The Kier molecular flexibility index (Phi) is 5.48. The fraction of sp³-hybridized carbons (Fsp3) is 0.105. The van der Waals surface area contributed by atoms with Crippen molar-refractivity contribution in [1.29, 1.82) is 0 Å². The first-order valence-corrected chi connectivity index (χ1v) is 8.65. The molecule has 3 rings (SSSR count). The van der Waals surface area contributed by atoms with Gasteiger partial charge in [0.05, 0.1) is 17.4 Å². The quantitative estimate of drug-likeness (QED) is 0.674. The van der Waals surface area contributed by atoms with Crippen molar-refractivity contribution in [3.8, 4) is 11.6 Å². The number of halogens is 1. The van der Waals surface area contributed by atoms with E-state index < -0.39 is 0 Å². The Morgan fingerprint density at radius 1 is 1.08 bits per heavy atom. The first-order valence-electron chi connectivity index (χ1n) is 7.85. The SMILES string of the molecule is CN(C)c1ccc(NC(=O)c2ccc(Oc3cccc(Br)c3)nc2)cn1. The number of nitrogens with zero attached hydrogens (tertiary/aromatic N) is 3. The maximum absolute atomic E-state index is 12.3. The minimum absolute atomic E-state index is 0.258. The van der Waals surface area contributed by atoms with E-state index in [1.165, 1.54) is 6.20 Å². The first kappa shape index (κ1) is 17.9. The Morgan fingerprint density at radius 2 is 1.92 bits per heavy atom. The van der Waals surface area contributed by atoms with Gasteiger partial charge in [0, 0.05) is 30.8 Å². The van der Waals surface area contributed by atoms with Crippen molar-refractivity contribution in [2.24, 2.45) is 0 Å². The van der Waals surface area contributed by atoms with Crippen molar-refractivity contribution in [1.82, 2.24) is 9.97 Å². The number of hydrogen-bond donors (Lipinski definition) is 1. The molecule has 2 heterocycles.